The van der Waals surface area contributed by atoms with Gasteiger partial charge in [-0.25, -0.2) is 8.78 Å². The number of rotatable bonds is 5. The van der Waals surface area contributed by atoms with Crippen molar-refractivity contribution in [1.82, 2.24) is 10.1 Å². The van der Waals surface area contributed by atoms with Gasteiger partial charge in [-0.05, 0) is 42.3 Å². The quantitative estimate of drug-likeness (QED) is 0.650. The highest BCUT2D eigenvalue weighted by atomic mass is 32.1. The number of halogens is 2. The van der Waals surface area contributed by atoms with Crippen molar-refractivity contribution in [2.24, 2.45) is 0 Å². The molecule has 0 atom stereocenters. The minimum absolute atomic E-state index is 0.181. The largest absolute Gasteiger partial charge is 0.339 e. The first kappa shape index (κ1) is 17.8. The minimum atomic E-state index is -0.685. The van der Waals surface area contributed by atoms with Crippen LogP contribution in [0.4, 0.5) is 14.5 Å². The summed E-state index contributed by atoms with van der Waals surface area (Å²) < 4.78 is 32.8. The van der Waals surface area contributed by atoms with Crippen LogP contribution in [-0.4, -0.2) is 22.6 Å². The zero-order valence-electron chi connectivity index (χ0n) is 14.5. The van der Waals surface area contributed by atoms with Gasteiger partial charge < -0.3 is 9.42 Å². The highest BCUT2D eigenvalue weighted by Gasteiger charge is 2.26. The van der Waals surface area contributed by atoms with E-state index in [1.807, 2.05) is 17.5 Å². The molecule has 4 rings (SSSR count). The molecule has 1 aliphatic rings. The van der Waals surface area contributed by atoms with Gasteiger partial charge >= 0.3 is 0 Å². The number of aromatic nitrogens is 2. The minimum Gasteiger partial charge on any atom is -0.339 e. The van der Waals surface area contributed by atoms with Gasteiger partial charge in [-0.2, -0.15) is 4.98 Å². The number of hydrogen-bond acceptors (Lipinski definition) is 5. The lowest BCUT2D eigenvalue weighted by atomic mass is 10.0. The van der Waals surface area contributed by atoms with Crippen molar-refractivity contribution in [3.63, 3.8) is 0 Å². The molecule has 0 aliphatic carbocycles. The van der Waals surface area contributed by atoms with Gasteiger partial charge in [-0.3, -0.25) is 4.79 Å². The van der Waals surface area contributed by atoms with E-state index in [-0.39, 0.29) is 18.0 Å². The molecular formula is C19H17F2N3O2S. The normalized spacial score (nSPS) is 13.6. The Morgan fingerprint density at radius 2 is 2.22 bits per heavy atom. The van der Waals surface area contributed by atoms with Crippen LogP contribution in [-0.2, 0) is 17.6 Å². The first-order valence-corrected chi connectivity index (χ1v) is 9.64. The van der Waals surface area contributed by atoms with Crippen LogP contribution in [0, 0.1) is 11.6 Å². The number of fused-ring (bicyclic) bond motifs is 1. The van der Waals surface area contributed by atoms with Crippen molar-refractivity contribution in [3.8, 4) is 10.7 Å². The van der Waals surface area contributed by atoms with E-state index < -0.39 is 11.6 Å². The van der Waals surface area contributed by atoms with Gasteiger partial charge in [0.25, 0.3) is 0 Å². The Kier molecular flexibility index (Phi) is 4.98. The van der Waals surface area contributed by atoms with Crippen molar-refractivity contribution >= 4 is 22.9 Å². The number of benzene rings is 1. The molecule has 1 amide bonds. The molecule has 2 aromatic heterocycles. The number of nitrogens with zero attached hydrogens (tertiary/aromatic N) is 3. The fourth-order valence-electron chi connectivity index (χ4n) is 3.29. The molecular weight excluding hydrogens is 372 g/mol. The van der Waals surface area contributed by atoms with Crippen LogP contribution in [0.25, 0.3) is 10.7 Å². The summed E-state index contributed by atoms with van der Waals surface area (Å²) in [7, 11) is 0. The second-order valence-electron chi connectivity index (χ2n) is 6.39. The maximum Gasteiger partial charge on any atom is 0.227 e. The van der Waals surface area contributed by atoms with Crippen molar-refractivity contribution < 1.29 is 18.1 Å². The van der Waals surface area contributed by atoms with Gasteiger partial charge in [-0.15, -0.1) is 11.3 Å². The number of anilines is 1. The van der Waals surface area contributed by atoms with Gasteiger partial charge in [0.1, 0.15) is 11.6 Å². The van der Waals surface area contributed by atoms with Gasteiger partial charge in [0.2, 0.25) is 17.6 Å². The highest BCUT2D eigenvalue weighted by molar-refractivity contribution is 7.13. The average molecular weight is 389 g/mol. The van der Waals surface area contributed by atoms with Gasteiger partial charge in [0.05, 0.1) is 10.6 Å². The summed E-state index contributed by atoms with van der Waals surface area (Å²) in [5, 5.41) is 5.88. The summed E-state index contributed by atoms with van der Waals surface area (Å²) in [4.78, 5) is 19.3. The number of carbonyl (C=O) groups excluding carboxylic acids is 1. The molecule has 27 heavy (non-hydrogen) atoms. The Hall–Kier alpha value is -2.61. The second-order valence-corrected chi connectivity index (χ2v) is 7.33. The van der Waals surface area contributed by atoms with E-state index in [9.17, 15) is 13.6 Å². The topological polar surface area (TPSA) is 59.2 Å². The smallest absolute Gasteiger partial charge is 0.227 e. The Labute approximate surface area is 158 Å². The maximum atomic E-state index is 14.2. The van der Waals surface area contributed by atoms with E-state index in [0.29, 0.717) is 49.5 Å². The van der Waals surface area contributed by atoms with Crippen LogP contribution in [0.2, 0.25) is 0 Å². The third kappa shape index (κ3) is 3.75. The van der Waals surface area contributed by atoms with Crippen molar-refractivity contribution in [3.05, 3.63) is 52.7 Å². The SMILES string of the molecule is O=C(CCCc1nc(-c2cccs2)no1)N1CCCc2cc(F)cc(F)c21. The van der Waals surface area contributed by atoms with Crippen LogP contribution in [0.5, 0.6) is 0 Å². The third-order valence-electron chi connectivity index (χ3n) is 4.50. The maximum absolute atomic E-state index is 14.2. The molecule has 0 bridgehead atoms. The molecule has 5 nitrogen and oxygen atoms in total. The molecule has 0 fully saturated rings. The Bertz CT molecular complexity index is 956. The van der Waals surface area contributed by atoms with Crippen molar-refractivity contribution in [2.45, 2.75) is 32.1 Å². The summed E-state index contributed by atoms with van der Waals surface area (Å²) in [5.41, 5.74) is 0.759. The third-order valence-corrected chi connectivity index (χ3v) is 5.36. The fraction of sp³-hybridized carbons (Fsp3) is 0.316. The van der Waals surface area contributed by atoms with Crippen molar-refractivity contribution in [2.75, 3.05) is 11.4 Å². The van der Waals surface area contributed by atoms with Crippen molar-refractivity contribution in [1.29, 1.82) is 0 Å². The number of aryl methyl sites for hydroxylation is 2. The predicted molar refractivity (Wildman–Crippen MR) is 97.6 cm³/mol. The molecule has 0 spiro atoms. The van der Waals surface area contributed by atoms with Crippen LogP contribution in [0.1, 0.15) is 30.7 Å². The standard InChI is InChI=1S/C19H17F2N3O2S/c20-13-10-12-4-2-8-24(18(12)14(21)11-13)17(25)7-1-6-16-22-19(23-26-16)15-5-3-9-27-15/h3,5,9-11H,1-2,4,6-8H2. The lowest BCUT2D eigenvalue weighted by Gasteiger charge is -2.30. The van der Waals surface area contributed by atoms with E-state index in [1.54, 1.807) is 0 Å². The molecule has 3 heterocycles. The monoisotopic (exact) mass is 389 g/mol. The zero-order chi connectivity index (χ0) is 18.8. The Morgan fingerprint density at radius 1 is 1.33 bits per heavy atom. The summed E-state index contributed by atoms with van der Waals surface area (Å²) in [6, 6.07) is 5.96. The Balaban J connectivity index is 1.38. The summed E-state index contributed by atoms with van der Waals surface area (Å²) >= 11 is 1.52. The molecule has 3 aromatic rings. The second kappa shape index (κ2) is 7.56. The zero-order valence-corrected chi connectivity index (χ0v) is 15.3. The number of thiophene rings is 1. The number of carbonyl (C=O) groups is 1. The van der Waals surface area contributed by atoms with E-state index in [2.05, 4.69) is 10.1 Å². The van der Waals surface area contributed by atoms with Crippen LogP contribution >= 0.6 is 11.3 Å². The molecule has 140 valence electrons. The van der Waals surface area contributed by atoms with Gasteiger partial charge in [0, 0.05) is 25.5 Å². The number of amides is 1. The average Bonchev–Trinajstić information content (AvgIpc) is 3.32. The summed E-state index contributed by atoms with van der Waals surface area (Å²) in [5.74, 6) is -0.465. The summed E-state index contributed by atoms with van der Waals surface area (Å²) in [6.45, 7) is 0.442. The molecule has 0 saturated heterocycles. The summed E-state index contributed by atoms with van der Waals surface area (Å²) in [6.07, 6.45) is 2.47. The Morgan fingerprint density at radius 3 is 3.04 bits per heavy atom. The molecule has 8 heteroatoms. The first-order valence-electron chi connectivity index (χ1n) is 8.76. The molecule has 1 aliphatic heterocycles. The van der Waals surface area contributed by atoms with Crippen LogP contribution < -0.4 is 4.90 Å². The molecule has 0 unspecified atom stereocenters. The highest BCUT2D eigenvalue weighted by Crippen LogP contribution is 2.31. The van der Waals surface area contributed by atoms with E-state index in [4.69, 9.17) is 4.52 Å². The predicted octanol–water partition coefficient (Wildman–Crippen LogP) is 4.38. The van der Waals surface area contributed by atoms with Crippen LogP contribution in [0.15, 0.2) is 34.2 Å². The van der Waals surface area contributed by atoms with E-state index >= 15 is 0 Å². The molecule has 0 N–H and O–H groups in total. The lowest BCUT2D eigenvalue weighted by Crippen LogP contribution is -2.36. The van der Waals surface area contributed by atoms with Crippen LogP contribution in [0.3, 0.4) is 0 Å². The van der Waals surface area contributed by atoms with Gasteiger partial charge in [0.15, 0.2) is 0 Å². The molecule has 0 saturated carbocycles. The molecule has 0 radical (unpaired) electrons. The van der Waals surface area contributed by atoms with E-state index in [0.717, 1.165) is 10.9 Å². The first-order chi connectivity index (χ1) is 13.1. The number of hydrogen-bond donors (Lipinski definition) is 0. The molecule has 1 aromatic carbocycles. The fourth-order valence-corrected chi connectivity index (χ4v) is 3.94. The van der Waals surface area contributed by atoms with E-state index in [1.165, 1.54) is 22.3 Å². The lowest BCUT2D eigenvalue weighted by molar-refractivity contribution is -0.118. The van der Waals surface area contributed by atoms with Gasteiger partial charge in [-0.1, -0.05) is 11.2 Å².